The number of imidazole rings is 1. The highest BCUT2D eigenvalue weighted by Gasteiger charge is 2.26. The Labute approximate surface area is 141 Å². The lowest BCUT2D eigenvalue weighted by Crippen LogP contribution is -2.39. The van der Waals surface area contributed by atoms with Crippen LogP contribution in [0.15, 0.2) is 41.7 Å². The zero-order chi connectivity index (χ0) is 16.2. The lowest BCUT2D eigenvalue weighted by Gasteiger charge is -2.31. The number of carbonyl (C=O) groups is 1. The van der Waals surface area contributed by atoms with Gasteiger partial charge in [0.15, 0.2) is 5.16 Å². The monoisotopic (exact) mass is 329 g/mol. The summed E-state index contributed by atoms with van der Waals surface area (Å²) < 4.78 is 1.96. The number of carbonyl (C=O) groups excluding carboxylic acids is 1. The smallest absolute Gasteiger partial charge is 0.272 e. The van der Waals surface area contributed by atoms with E-state index in [9.17, 15) is 4.79 Å². The molecule has 2 aromatic rings. The fourth-order valence-electron chi connectivity index (χ4n) is 3.27. The van der Waals surface area contributed by atoms with Gasteiger partial charge in [0.25, 0.3) is 5.91 Å². The molecule has 5 heteroatoms. The summed E-state index contributed by atoms with van der Waals surface area (Å²) in [6.45, 7) is 0. The first-order valence-corrected chi connectivity index (χ1v) is 9.39. The average molecular weight is 329 g/mol. The molecule has 1 aromatic heterocycles. The van der Waals surface area contributed by atoms with Gasteiger partial charge in [0.1, 0.15) is 5.69 Å². The summed E-state index contributed by atoms with van der Waals surface area (Å²) in [6.07, 6.45) is 9.64. The Morgan fingerprint density at radius 1 is 1.22 bits per heavy atom. The van der Waals surface area contributed by atoms with E-state index >= 15 is 0 Å². The largest absolute Gasteiger partial charge is 0.337 e. The van der Waals surface area contributed by atoms with Crippen LogP contribution in [0.3, 0.4) is 0 Å². The second kappa shape index (κ2) is 7.21. The third-order valence-corrected chi connectivity index (χ3v) is 5.24. The van der Waals surface area contributed by atoms with Crippen molar-refractivity contribution in [3.63, 3.8) is 0 Å². The molecule has 0 bridgehead atoms. The molecule has 1 amide bonds. The summed E-state index contributed by atoms with van der Waals surface area (Å²) in [5.41, 5.74) is 1.63. The van der Waals surface area contributed by atoms with E-state index in [4.69, 9.17) is 0 Å². The Balaban J connectivity index is 1.93. The van der Waals surface area contributed by atoms with Gasteiger partial charge in [-0.05, 0) is 31.2 Å². The third kappa shape index (κ3) is 3.29. The van der Waals surface area contributed by atoms with Crippen LogP contribution in [0.25, 0.3) is 5.69 Å². The summed E-state index contributed by atoms with van der Waals surface area (Å²) in [5, 5.41) is 0.844. The molecule has 0 N–H and O–H groups in total. The Morgan fingerprint density at radius 2 is 1.91 bits per heavy atom. The number of benzene rings is 1. The SMILES string of the molecule is CSc1ncc(C(=O)N(C)C2CCCCC2)n1-c1ccccc1. The van der Waals surface area contributed by atoms with Gasteiger partial charge in [-0.3, -0.25) is 9.36 Å². The van der Waals surface area contributed by atoms with Crippen LogP contribution in [0.5, 0.6) is 0 Å². The number of nitrogens with zero attached hydrogens (tertiary/aromatic N) is 3. The van der Waals surface area contributed by atoms with E-state index in [-0.39, 0.29) is 5.91 Å². The van der Waals surface area contributed by atoms with E-state index in [0.717, 1.165) is 23.7 Å². The molecular weight excluding hydrogens is 306 g/mol. The van der Waals surface area contributed by atoms with Crippen molar-refractivity contribution in [1.29, 1.82) is 0 Å². The van der Waals surface area contributed by atoms with Gasteiger partial charge in [0.05, 0.1) is 6.20 Å². The summed E-state index contributed by atoms with van der Waals surface area (Å²) in [4.78, 5) is 19.4. The van der Waals surface area contributed by atoms with Crippen LogP contribution in [0.1, 0.15) is 42.6 Å². The Bertz CT molecular complexity index is 662. The second-order valence-electron chi connectivity index (χ2n) is 6.01. The molecule has 1 fully saturated rings. The molecule has 0 aliphatic heterocycles. The van der Waals surface area contributed by atoms with E-state index in [1.807, 2.05) is 53.1 Å². The number of hydrogen-bond donors (Lipinski definition) is 0. The van der Waals surface area contributed by atoms with Gasteiger partial charge >= 0.3 is 0 Å². The maximum Gasteiger partial charge on any atom is 0.272 e. The van der Waals surface area contributed by atoms with Gasteiger partial charge in [-0.15, -0.1) is 0 Å². The van der Waals surface area contributed by atoms with Crippen LogP contribution in [0.2, 0.25) is 0 Å². The lowest BCUT2D eigenvalue weighted by molar-refractivity contribution is 0.0687. The van der Waals surface area contributed by atoms with E-state index < -0.39 is 0 Å². The predicted octanol–water partition coefficient (Wildman–Crippen LogP) is 4.00. The molecule has 1 aromatic carbocycles. The van der Waals surface area contributed by atoms with Gasteiger partial charge in [-0.1, -0.05) is 49.2 Å². The molecule has 0 radical (unpaired) electrons. The number of amides is 1. The fraction of sp³-hybridized carbons (Fsp3) is 0.444. The van der Waals surface area contributed by atoms with Crippen LogP contribution in [0, 0.1) is 0 Å². The maximum atomic E-state index is 13.0. The number of para-hydroxylation sites is 1. The van der Waals surface area contributed by atoms with E-state index in [1.54, 1.807) is 18.0 Å². The van der Waals surface area contributed by atoms with Crippen molar-refractivity contribution >= 4 is 17.7 Å². The van der Waals surface area contributed by atoms with E-state index in [2.05, 4.69) is 4.98 Å². The molecule has 4 nitrogen and oxygen atoms in total. The minimum atomic E-state index is 0.0635. The minimum Gasteiger partial charge on any atom is -0.337 e. The standard InChI is InChI=1S/C18H23N3OS/c1-20(14-9-5-3-6-10-14)17(22)16-13-19-18(23-2)21(16)15-11-7-4-8-12-15/h4,7-8,11-14H,3,5-6,9-10H2,1-2H3. The third-order valence-electron chi connectivity index (χ3n) is 4.59. The first-order valence-electron chi connectivity index (χ1n) is 8.16. The molecule has 1 saturated carbocycles. The number of rotatable bonds is 4. The zero-order valence-corrected chi connectivity index (χ0v) is 14.6. The maximum absolute atomic E-state index is 13.0. The normalized spacial score (nSPS) is 15.6. The average Bonchev–Trinajstić information content (AvgIpc) is 3.06. The molecule has 1 aliphatic carbocycles. The van der Waals surface area contributed by atoms with Crippen molar-refractivity contribution in [2.45, 2.75) is 43.3 Å². The van der Waals surface area contributed by atoms with Crippen LogP contribution in [-0.2, 0) is 0 Å². The van der Waals surface area contributed by atoms with Crippen molar-refractivity contribution in [3.8, 4) is 5.69 Å². The summed E-state index contributed by atoms with van der Waals surface area (Å²) in [6, 6.07) is 10.3. The van der Waals surface area contributed by atoms with Gasteiger partial charge in [0.2, 0.25) is 0 Å². The van der Waals surface area contributed by atoms with Gasteiger partial charge in [-0.25, -0.2) is 4.98 Å². The van der Waals surface area contributed by atoms with Gasteiger partial charge in [0, 0.05) is 18.8 Å². The van der Waals surface area contributed by atoms with Crippen LogP contribution in [-0.4, -0.2) is 39.7 Å². The van der Waals surface area contributed by atoms with Crippen LogP contribution >= 0.6 is 11.8 Å². The van der Waals surface area contributed by atoms with Crippen molar-refractivity contribution in [1.82, 2.24) is 14.5 Å². The Hall–Kier alpha value is -1.75. The Kier molecular flexibility index (Phi) is 5.06. The highest BCUT2D eigenvalue weighted by atomic mass is 32.2. The van der Waals surface area contributed by atoms with Gasteiger partial charge in [-0.2, -0.15) is 0 Å². The molecular formula is C18H23N3OS. The van der Waals surface area contributed by atoms with E-state index in [1.165, 1.54) is 19.3 Å². The summed E-state index contributed by atoms with van der Waals surface area (Å²) in [5.74, 6) is 0.0635. The van der Waals surface area contributed by atoms with E-state index in [0.29, 0.717) is 11.7 Å². The quantitative estimate of drug-likeness (QED) is 0.796. The molecule has 0 saturated heterocycles. The van der Waals surface area contributed by atoms with Crippen molar-refractivity contribution < 1.29 is 4.79 Å². The molecule has 0 unspecified atom stereocenters. The highest BCUT2D eigenvalue weighted by molar-refractivity contribution is 7.98. The van der Waals surface area contributed by atoms with Crippen LogP contribution in [0.4, 0.5) is 0 Å². The molecule has 0 spiro atoms. The first kappa shape index (κ1) is 16.1. The first-order chi connectivity index (χ1) is 11.2. The molecule has 122 valence electrons. The number of thioether (sulfide) groups is 1. The summed E-state index contributed by atoms with van der Waals surface area (Å²) >= 11 is 1.56. The van der Waals surface area contributed by atoms with Crippen molar-refractivity contribution in [2.24, 2.45) is 0 Å². The minimum absolute atomic E-state index is 0.0635. The zero-order valence-electron chi connectivity index (χ0n) is 13.7. The van der Waals surface area contributed by atoms with Crippen molar-refractivity contribution in [2.75, 3.05) is 13.3 Å². The molecule has 0 atom stereocenters. The lowest BCUT2D eigenvalue weighted by atomic mass is 9.94. The Morgan fingerprint density at radius 3 is 2.57 bits per heavy atom. The van der Waals surface area contributed by atoms with Crippen LogP contribution < -0.4 is 0 Å². The molecule has 3 rings (SSSR count). The number of hydrogen-bond acceptors (Lipinski definition) is 3. The molecule has 1 heterocycles. The molecule has 23 heavy (non-hydrogen) atoms. The fourth-order valence-corrected chi connectivity index (χ4v) is 3.82. The highest BCUT2D eigenvalue weighted by Crippen LogP contribution is 2.26. The van der Waals surface area contributed by atoms with Crippen molar-refractivity contribution in [3.05, 3.63) is 42.2 Å². The number of aromatic nitrogens is 2. The molecule has 1 aliphatic rings. The predicted molar refractivity (Wildman–Crippen MR) is 94.3 cm³/mol. The topological polar surface area (TPSA) is 38.1 Å². The van der Waals surface area contributed by atoms with Gasteiger partial charge < -0.3 is 4.90 Å². The second-order valence-corrected chi connectivity index (χ2v) is 6.78. The summed E-state index contributed by atoms with van der Waals surface area (Å²) in [7, 11) is 1.93.